The predicted octanol–water partition coefficient (Wildman–Crippen LogP) is 2.45. The Morgan fingerprint density at radius 2 is 1.90 bits per heavy atom. The zero-order valence-corrected chi connectivity index (χ0v) is 14.4. The lowest BCUT2D eigenvalue weighted by Crippen LogP contribution is -2.55. The minimum absolute atomic E-state index is 0. The van der Waals surface area contributed by atoms with Crippen LogP contribution in [0.5, 0.6) is 0 Å². The topological polar surface area (TPSA) is 37.3 Å². The number of nitrogens with one attached hydrogen (secondary N) is 1. The number of fused-ring (bicyclic) bond motifs is 2. The Bertz CT molecular complexity index is 495. The maximum absolute atomic E-state index is 12.1. The Kier molecular flexibility index (Phi) is 6.29. The molecule has 1 aromatic heterocycles. The van der Waals surface area contributed by atoms with Crippen molar-refractivity contribution in [2.24, 2.45) is 0 Å². The highest BCUT2D eigenvalue weighted by Crippen LogP contribution is 2.39. The minimum Gasteiger partial charge on any atom is -0.339 e. The van der Waals surface area contributed by atoms with E-state index in [9.17, 15) is 4.79 Å². The highest BCUT2D eigenvalue weighted by Gasteiger charge is 2.42. The molecule has 1 N–H and O–H groups in total. The fourth-order valence-corrected chi connectivity index (χ4v) is 3.68. The Morgan fingerprint density at radius 1 is 1.24 bits per heavy atom. The van der Waals surface area contributed by atoms with Crippen molar-refractivity contribution in [3.05, 3.63) is 23.5 Å². The van der Waals surface area contributed by atoms with Crippen LogP contribution < -0.4 is 5.32 Å². The summed E-state index contributed by atoms with van der Waals surface area (Å²) in [6.45, 7) is 6.04. The molecule has 0 saturated carbocycles. The minimum atomic E-state index is 0. The monoisotopic (exact) mass is 333 g/mol. The van der Waals surface area contributed by atoms with Gasteiger partial charge in [-0.05, 0) is 45.1 Å². The van der Waals surface area contributed by atoms with E-state index in [0.717, 1.165) is 44.7 Å². The molecule has 0 aromatic carbocycles. The van der Waals surface area contributed by atoms with Crippen molar-refractivity contribution in [1.29, 1.82) is 0 Å². The molecule has 2 aliphatic rings. The number of Topliss-reactive ketones (excluding diaryl/α,β-unsaturated/α-hetero) is 1. The standard InChI is InChI=1S/C15H23N3O.2ClH/c1-3-13(19)12-4-5-14-15(6-8-16-9-7-15)17(2)10-11-18(12)14;;/h4-5,16H,3,6-11H2,1-2H3;2*1H. The number of ketones is 1. The van der Waals surface area contributed by atoms with Crippen LogP contribution in [0, 0.1) is 0 Å². The molecular weight excluding hydrogens is 309 g/mol. The van der Waals surface area contributed by atoms with Crippen molar-refractivity contribution < 1.29 is 4.79 Å². The molecule has 1 aromatic rings. The van der Waals surface area contributed by atoms with Gasteiger partial charge in [0.05, 0.1) is 11.2 Å². The third-order valence-corrected chi connectivity index (χ3v) is 4.88. The van der Waals surface area contributed by atoms with Crippen LogP contribution in [-0.2, 0) is 12.1 Å². The number of nitrogens with zero attached hydrogens (tertiary/aromatic N) is 2. The van der Waals surface area contributed by atoms with Crippen molar-refractivity contribution >= 4 is 30.6 Å². The van der Waals surface area contributed by atoms with Crippen molar-refractivity contribution in [3.63, 3.8) is 0 Å². The number of carbonyl (C=O) groups excluding carboxylic acids is 1. The van der Waals surface area contributed by atoms with Crippen LogP contribution >= 0.6 is 24.8 Å². The first-order valence-corrected chi connectivity index (χ1v) is 7.34. The Hall–Kier alpha value is -0.550. The first-order chi connectivity index (χ1) is 9.19. The predicted molar refractivity (Wildman–Crippen MR) is 90.0 cm³/mol. The molecule has 0 radical (unpaired) electrons. The van der Waals surface area contributed by atoms with Crippen LogP contribution in [0.4, 0.5) is 0 Å². The summed E-state index contributed by atoms with van der Waals surface area (Å²) in [6, 6.07) is 4.22. The van der Waals surface area contributed by atoms with Gasteiger partial charge in [-0.25, -0.2) is 0 Å². The molecule has 0 atom stereocenters. The number of rotatable bonds is 2. The van der Waals surface area contributed by atoms with Gasteiger partial charge in [-0.1, -0.05) is 6.92 Å². The van der Waals surface area contributed by atoms with Gasteiger partial charge in [-0.3, -0.25) is 9.69 Å². The zero-order valence-electron chi connectivity index (χ0n) is 12.7. The van der Waals surface area contributed by atoms with Crippen molar-refractivity contribution in [1.82, 2.24) is 14.8 Å². The Balaban J connectivity index is 0.00000110. The molecular formula is C15H25Cl2N3O. The van der Waals surface area contributed by atoms with Gasteiger partial charge < -0.3 is 9.88 Å². The molecule has 0 bridgehead atoms. The normalized spacial score (nSPS) is 20.3. The van der Waals surface area contributed by atoms with Gasteiger partial charge in [-0.15, -0.1) is 24.8 Å². The zero-order chi connectivity index (χ0) is 13.5. The number of hydrogen-bond acceptors (Lipinski definition) is 3. The fraction of sp³-hybridized carbons (Fsp3) is 0.667. The maximum atomic E-state index is 12.1. The van der Waals surface area contributed by atoms with Gasteiger partial charge in [-0.2, -0.15) is 0 Å². The molecule has 1 spiro atoms. The van der Waals surface area contributed by atoms with Gasteiger partial charge in [0.15, 0.2) is 5.78 Å². The summed E-state index contributed by atoms with van der Waals surface area (Å²) >= 11 is 0. The summed E-state index contributed by atoms with van der Waals surface area (Å²) in [5.41, 5.74) is 2.39. The summed E-state index contributed by atoms with van der Waals surface area (Å²) in [7, 11) is 2.23. The number of hydrogen-bond donors (Lipinski definition) is 1. The van der Waals surface area contributed by atoms with E-state index in [4.69, 9.17) is 0 Å². The van der Waals surface area contributed by atoms with Crippen LogP contribution in [0.15, 0.2) is 12.1 Å². The maximum Gasteiger partial charge on any atom is 0.178 e. The third kappa shape index (κ3) is 2.87. The lowest BCUT2D eigenvalue weighted by atomic mass is 9.82. The largest absolute Gasteiger partial charge is 0.339 e. The van der Waals surface area contributed by atoms with Crippen LogP contribution in [-0.4, -0.2) is 41.9 Å². The van der Waals surface area contributed by atoms with Crippen molar-refractivity contribution in [3.8, 4) is 0 Å². The van der Waals surface area contributed by atoms with E-state index in [0.29, 0.717) is 6.42 Å². The average Bonchev–Trinajstić information content (AvgIpc) is 2.88. The molecule has 4 nitrogen and oxygen atoms in total. The molecule has 2 aliphatic heterocycles. The molecule has 0 amide bonds. The molecule has 1 fully saturated rings. The summed E-state index contributed by atoms with van der Waals surface area (Å²) < 4.78 is 2.27. The van der Waals surface area contributed by atoms with Crippen LogP contribution in [0.1, 0.15) is 42.4 Å². The highest BCUT2D eigenvalue weighted by molar-refractivity contribution is 5.94. The third-order valence-electron chi connectivity index (χ3n) is 4.88. The molecule has 21 heavy (non-hydrogen) atoms. The number of aromatic nitrogens is 1. The van der Waals surface area contributed by atoms with Gasteiger partial charge in [0.1, 0.15) is 0 Å². The number of carbonyl (C=O) groups is 1. The molecule has 3 heterocycles. The first kappa shape index (κ1) is 18.5. The van der Waals surface area contributed by atoms with E-state index in [1.807, 2.05) is 13.0 Å². The highest BCUT2D eigenvalue weighted by atomic mass is 35.5. The van der Waals surface area contributed by atoms with E-state index >= 15 is 0 Å². The molecule has 0 unspecified atom stereocenters. The second-order valence-corrected chi connectivity index (χ2v) is 5.74. The Labute approximate surface area is 139 Å². The molecule has 6 heteroatoms. The Morgan fingerprint density at radius 3 is 2.52 bits per heavy atom. The van der Waals surface area contributed by atoms with E-state index in [-0.39, 0.29) is 36.1 Å². The SMILES string of the molecule is CCC(=O)c1ccc2n1CCN(C)C21CCNCC1.Cl.Cl. The average molecular weight is 334 g/mol. The van der Waals surface area contributed by atoms with E-state index in [1.54, 1.807) is 0 Å². The molecule has 120 valence electrons. The molecule has 0 aliphatic carbocycles. The molecule has 1 saturated heterocycles. The summed E-state index contributed by atoms with van der Waals surface area (Å²) in [6.07, 6.45) is 2.86. The van der Waals surface area contributed by atoms with Gasteiger partial charge in [0, 0.05) is 25.2 Å². The van der Waals surface area contributed by atoms with Crippen LogP contribution in [0.3, 0.4) is 0 Å². The fourth-order valence-electron chi connectivity index (χ4n) is 3.68. The van der Waals surface area contributed by atoms with Crippen LogP contribution in [0.25, 0.3) is 0 Å². The second-order valence-electron chi connectivity index (χ2n) is 5.74. The van der Waals surface area contributed by atoms with Crippen LogP contribution in [0.2, 0.25) is 0 Å². The van der Waals surface area contributed by atoms with Gasteiger partial charge in [0.25, 0.3) is 0 Å². The van der Waals surface area contributed by atoms with Crippen molar-refractivity contribution in [2.75, 3.05) is 26.7 Å². The first-order valence-electron chi connectivity index (χ1n) is 7.34. The number of likely N-dealkylation sites (N-methyl/N-ethyl adjacent to an activating group) is 1. The summed E-state index contributed by atoms with van der Waals surface area (Å²) in [4.78, 5) is 14.5. The van der Waals surface area contributed by atoms with E-state index < -0.39 is 0 Å². The lowest BCUT2D eigenvalue weighted by Gasteiger charge is -2.48. The smallest absolute Gasteiger partial charge is 0.178 e. The lowest BCUT2D eigenvalue weighted by molar-refractivity contribution is 0.0473. The van der Waals surface area contributed by atoms with Crippen molar-refractivity contribution in [2.45, 2.75) is 38.3 Å². The van der Waals surface area contributed by atoms with E-state index in [1.165, 1.54) is 5.69 Å². The van der Waals surface area contributed by atoms with Gasteiger partial charge >= 0.3 is 0 Å². The van der Waals surface area contributed by atoms with Gasteiger partial charge in [0.2, 0.25) is 0 Å². The summed E-state index contributed by atoms with van der Waals surface area (Å²) in [5, 5.41) is 3.45. The van der Waals surface area contributed by atoms with E-state index in [2.05, 4.69) is 27.9 Å². The number of halogens is 2. The molecule has 3 rings (SSSR count). The number of piperidine rings is 1. The quantitative estimate of drug-likeness (QED) is 0.844. The second kappa shape index (κ2) is 7.14. The summed E-state index contributed by atoms with van der Waals surface area (Å²) in [5.74, 6) is 0.264.